The first-order chi connectivity index (χ1) is 13.8. The quantitative estimate of drug-likeness (QED) is 0.759. The summed E-state index contributed by atoms with van der Waals surface area (Å²) in [6.07, 6.45) is 0. The van der Waals surface area contributed by atoms with Crippen LogP contribution >= 0.6 is 0 Å². The monoisotopic (exact) mass is 423 g/mol. The highest BCUT2D eigenvalue weighted by Gasteiger charge is 2.30. The van der Waals surface area contributed by atoms with E-state index in [2.05, 4.69) is 10.5 Å². The third-order valence-electron chi connectivity index (χ3n) is 4.65. The number of methoxy groups -OCH3 is 1. The Morgan fingerprint density at radius 3 is 2.59 bits per heavy atom. The summed E-state index contributed by atoms with van der Waals surface area (Å²) in [5.41, 5.74) is 1.16. The first kappa shape index (κ1) is 21.3. The van der Waals surface area contributed by atoms with Crippen molar-refractivity contribution in [1.29, 1.82) is 0 Å². The Balaban J connectivity index is 1.93. The number of aryl methyl sites for hydroxylation is 1. The predicted molar refractivity (Wildman–Crippen MR) is 106 cm³/mol. The van der Waals surface area contributed by atoms with Gasteiger partial charge in [0.05, 0.1) is 26.0 Å². The van der Waals surface area contributed by atoms with Crippen molar-refractivity contribution >= 4 is 21.6 Å². The van der Waals surface area contributed by atoms with Crippen LogP contribution in [0.25, 0.3) is 0 Å². The second kappa shape index (κ2) is 8.52. The lowest BCUT2D eigenvalue weighted by Gasteiger charge is -2.26. The van der Waals surface area contributed by atoms with E-state index < -0.39 is 15.9 Å². The van der Waals surface area contributed by atoms with Crippen molar-refractivity contribution in [3.63, 3.8) is 0 Å². The summed E-state index contributed by atoms with van der Waals surface area (Å²) in [5.74, 6) is 0.255. The van der Waals surface area contributed by atoms with Crippen molar-refractivity contribution in [2.75, 3.05) is 38.7 Å². The maximum Gasteiger partial charge on any atom is 0.261 e. The maximum absolute atomic E-state index is 13.1. The molecule has 0 aliphatic carbocycles. The van der Waals surface area contributed by atoms with Gasteiger partial charge < -0.3 is 19.3 Å². The van der Waals surface area contributed by atoms with E-state index >= 15 is 0 Å². The summed E-state index contributed by atoms with van der Waals surface area (Å²) in [7, 11) is -2.40. The second-order valence-corrected chi connectivity index (χ2v) is 8.90. The molecule has 1 aromatic carbocycles. The third kappa shape index (κ3) is 4.29. The van der Waals surface area contributed by atoms with Gasteiger partial charge in [-0.25, -0.2) is 8.42 Å². The first-order valence-electron chi connectivity index (χ1n) is 9.29. The van der Waals surface area contributed by atoms with Crippen molar-refractivity contribution < 1.29 is 27.2 Å². The molecular weight excluding hydrogens is 398 g/mol. The smallest absolute Gasteiger partial charge is 0.261 e. The number of hydrogen-bond donors (Lipinski definition) is 1. The molecule has 3 rings (SSSR count). The van der Waals surface area contributed by atoms with Gasteiger partial charge in [-0.3, -0.25) is 4.79 Å². The Morgan fingerprint density at radius 2 is 1.97 bits per heavy atom. The van der Waals surface area contributed by atoms with Crippen LogP contribution in [0.3, 0.4) is 0 Å². The normalized spacial score (nSPS) is 15.5. The summed E-state index contributed by atoms with van der Waals surface area (Å²) < 4.78 is 43.3. The van der Waals surface area contributed by atoms with Crippen LogP contribution in [0.4, 0.5) is 5.69 Å². The van der Waals surface area contributed by atoms with Gasteiger partial charge in [0.15, 0.2) is 5.76 Å². The van der Waals surface area contributed by atoms with Gasteiger partial charge in [0.2, 0.25) is 10.0 Å². The fourth-order valence-electron chi connectivity index (χ4n) is 3.13. The van der Waals surface area contributed by atoms with Gasteiger partial charge >= 0.3 is 0 Å². The van der Waals surface area contributed by atoms with Crippen LogP contribution in [0.1, 0.15) is 41.6 Å². The molecule has 0 bridgehead atoms. The summed E-state index contributed by atoms with van der Waals surface area (Å²) in [6, 6.07) is 4.51. The number of aromatic nitrogens is 1. The summed E-state index contributed by atoms with van der Waals surface area (Å²) in [5, 5.41) is 6.62. The topological polar surface area (TPSA) is 111 Å². The van der Waals surface area contributed by atoms with E-state index in [-0.39, 0.29) is 29.7 Å². The molecule has 1 fully saturated rings. The van der Waals surface area contributed by atoms with Crippen molar-refractivity contribution in [1.82, 2.24) is 9.46 Å². The molecule has 0 saturated carbocycles. The number of carbonyl (C=O) groups excluding carboxylic acids is 1. The van der Waals surface area contributed by atoms with E-state index in [1.807, 2.05) is 13.8 Å². The standard InChI is InChI=1S/C19H25N3O6S/c1-12(2)18-17(13(3)21-28-18)19(23)20-14-5-6-15(26-4)16(11-14)29(24,25)22-7-9-27-10-8-22/h5-6,11-12H,7-10H2,1-4H3,(H,20,23). The van der Waals surface area contributed by atoms with Crippen molar-refractivity contribution in [2.45, 2.75) is 31.6 Å². The molecule has 1 aliphatic heterocycles. The molecule has 0 atom stereocenters. The van der Waals surface area contributed by atoms with Gasteiger partial charge in [-0.1, -0.05) is 19.0 Å². The van der Waals surface area contributed by atoms with Gasteiger partial charge in [-0.05, 0) is 25.1 Å². The Morgan fingerprint density at radius 1 is 1.28 bits per heavy atom. The number of morpholine rings is 1. The van der Waals surface area contributed by atoms with Crippen molar-refractivity contribution in [2.24, 2.45) is 0 Å². The highest BCUT2D eigenvalue weighted by atomic mass is 32.2. The number of hydrogen-bond acceptors (Lipinski definition) is 7. The molecule has 0 unspecified atom stereocenters. The Hall–Kier alpha value is -2.43. The molecule has 10 heteroatoms. The second-order valence-electron chi connectivity index (χ2n) is 7.00. The van der Waals surface area contributed by atoms with Crippen LogP contribution in [-0.2, 0) is 14.8 Å². The molecule has 2 heterocycles. The molecule has 1 saturated heterocycles. The van der Waals surface area contributed by atoms with E-state index in [9.17, 15) is 13.2 Å². The van der Waals surface area contributed by atoms with Crippen molar-refractivity contribution in [3.05, 3.63) is 35.2 Å². The molecular formula is C19H25N3O6S. The highest BCUT2D eigenvalue weighted by Crippen LogP contribution is 2.31. The Kier molecular flexibility index (Phi) is 6.25. The van der Waals surface area contributed by atoms with Crippen LogP contribution in [0.5, 0.6) is 5.75 Å². The number of nitrogens with zero attached hydrogens (tertiary/aromatic N) is 2. The number of nitrogens with one attached hydrogen (secondary N) is 1. The molecule has 0 spiro atoms. The minimum atomic E-state index is -3.80. The number of carbonyl (C=O) groups is 1. The predicted octanol–water partition coefficient (Wildman–Crippen LogP) is 2.39. The fourth-order valence-corrected chi connectivity index (χ4v) is 4.72. The largest absolute Gasteiger partial charge is 0.495 e. The molecule has 29 heavy (non-hydrogen) atoms. The number of benzene rings is 1. The summed E-state index contributed by atoms with van der Waals surface area (Å²) in [6.45, 7) is 6.69. The minimum Gasteiger partial charge on any atom is -0.495 e. The van der Waals surface area contributed by atoms with Crippen LogP contribution in [0, 0.1) is 6.92 Å². The van der Waals surface area contributed by atoms with E-state index in [1.54, 1.807) is 13.0 Å². The van der Waals surface area contributed by atoms with Gasteiger partial charge in [0.25, 0.3) is 5.91 Å². The lowest BCUT2D eigenvalue weighted by atomic mass is 10.0. The van der Waals surface area contributed by atoms with Crippen molar-refractivity contribution in [3.8, 4) is 5.75 Å². The molecule has 1 amide bonds. The van der Waals surface area contributed by atoms with Crippen LogP contribution in [0.2, 0.25) is 0 Å². The SMILES string of the molecule is COc1ccc(NC(=O)c2c(C)noc2C(C)C)cc1S(=O)(=O)N1CCOCC1. The fraction of sp³-hybridized carbons (Fsp3) is 0.474. The molecule has 0 radical (unpaired) electrons. The molecule has 1 aromatic heterocycles. The molecule has 1 aliphatic rings. The first-order valence-corrected chi connectivity index (χ1v) is 10.7. The molecule has 1 N–H and O–H groups in total. The summed E-state index contributed by atoms with van der Waals surface area (Å²) in [4.78, 5) is 12.8. The van der Waals surface area contributed by atoms with Gasteiger partial charge in [-0.2, -0.15) is 4.31 Å². The third-order valence-corrected chi connectivity index (χ3v) is 6.57. The lowest BCUT2D eigenvalue weighted by Crippen LogP contribution is -2.40. The number of rotatable bonds is 6. The van der Waals surface area contributed by atoms with E-state index in [0.717, 1.165) is 0 Å². The minimum absolute atomic E-state index is 0.00850. The average Bonchev–Trinajstić information content (AvgIpc) is 3.10. The zero-order chi connectivity index (χ0) is 21.2. The number of anilines is 1. The van der Waals surface area contributed by atoms with E-state index in [1.165, 1.54) is 23.5 Å². The Labute approximate surface area is 170 Å². The van der Waals surface area contributed by atoms with Gasteiger partial charge in [-0.15, -0.1) is 0 Å². The van der Waals surface area contributed by atoms with Gasteiger partial charge in [0.1, 0.15) is 16.2 Å². The van der Waals surface area contributed by atoms with Gasteiger partial charge in [0, 0.05) is 24.7 Å². The molecule has 2 aromatic rings. The maximum atomic E-state index is 13.1. The molecule has 158 valence electrons. The summed E-state index contributed by atoms with van der Waals surface area (Å²) >= 11 is 0. The molecule has 9 nitrogen and oxygen atoms in total. The lowest BCUT2D eigenvalue weighted by molar-refractivity contribution is 0.0729. The zero-order valence-corrected chi connectivity index (χ0v) is 17.7. The van der Waals surface area contributed by atoms with Crippen LogP contribution in [-0.4, -0.2) is 57.2 Å². The van der Waals surface area contributed by atoms with E-state index in [4.69, 9.17) is 14.0 Å². The van der Waals surface area contributed by atoms with Crippen LogP contribution in [0.15, 0.2) is 27.6 Å². The number of amides is 1. The zero-order valence-electron chi connectivity index (χ0n) is 16.9. The number of ether oxygens (including phenoxy) is 2. The van der Waals surface area contributed by atoms with E-state index in [0.29, 0.717) is 35.9 Å². The average molecular weight is 423 g/mol. The highest BCUT2D eigenvalue weighted by molar-refractivity contribution is 7.89. The Bertz CT molecular complexity index is 993. The van der Waals surface area contributed by atoms with Crippen LogP contribution < -0.4 is 10.1 Å². The number of sulfonamides is 1.